The Morgan fingerprint density at radius 3 is 2.47 bits per heavy atom. The number of halogens is 1. The zero-order chi connectivity index (χ0) is 14.6. The Labute approximate surface area is 115 Å². The van der Waals surface area contributed by atoms with E-state index < -0.39 is 5.82 Å². The van der Waals surface area contributed by atoms with E-state index in [2.05, 4.69) is 18.7 Å². The molecule has 0 heterocycles. The van der Waals surface area contributed by atoms with Crippen molar-refractivity contribution < 1.29 is 9.50 Å². The molecular formula is C15H25FN2O. The molecule has 4 heteroatoms. The Hall–Kier alpha value is -1.13. The summed E-state index contributed by atoms with van der Waals surface area (Å²) in [5.74, 6) is 0.0494. The van der Waals surface area contributed by atoms with Crippen LogP contribution in [0.15, 0.2) is 18.2 Å². The van der Waals surface area contributed by atoms with Crippen molar-refractivity contribution in [1.82, 2.24) is 4.90 Å². The Balaban J connectivity index is 2.63. The largest absolute Gasteiger partial charge is 0.508 e. The van der Waals surface area contributed by atoms with E-state index >= 15 is 0 Å². The first kappa shape index (κ1) is 15.9. The van der Waals surface area contributed by atoms with E-state index in [1.165, 1.54) is 6.07 Å². The van der Waals surface area contributed by atoms with Gasteiger partial charge >= 0.3 is 0 Å². The van der Waals surface area contributed by atoms with Crippen LogP contribution in [-0.2, 0) is 0 Å². The summed E-state index contributed by atoms with van der Waals surface area (Å²) in [7, 11) is 1.99. The highest BCUT2D eigenvalue weighted by Gasteiger charge is 2.17. The molecule has 0 aliphatic carbocycles. The van der Waals surface area contributed by atoms with E-state index in [-0.39, 0.29) is 17.8 Å². The molecule has 0 aromatic heterocycles. The summed E-state index contributed by atoms with van der Waals surface area (Å²) in [6.45, 7) is 7.06. The summed E-state index contributed by atoms with van der Waals surface area (Å²) < 4.78 is 13.0. The maximum absolute atomic E-state index is 13.0. The second-order valence-electron chi connectivity index (χ2n) is 5.56. The lowest BCUT2D eigenvalue weighted by molar-refractivity contribution is 0.239. The summed E-state index contributed by atoms with van der Waals surface area (Å²) in [6.07, 6.45) is 0.903. The molecule has 2 unspecified atom stereocenters. The molecule has 19 heavy (non-hydrogen) atoms. The number of rotatable bonds is 6. The van der Waals surface area contributed by atoms with Crippen molar-refractivity contribution in [3.8, 4) is 5.75 Å². The second kappa shape index (κ2) is 6.87. The smallest absolute Gasteiger partial charge is 0.126 e. The Bertz CT molecular complexity index is 409. The van der Waals surface area contributed by atoms with Crippen molar-refractivity contribution in [2.45, 2.75) is 39.3 Å². The van der Waals surface area contributed by atoms with Gasteiger partial charge in [0.25, 0.3) is 0 Å². The summed E-state index contributed by atoms with van der Waals surface area (Å²) in [4.78, 5) is 2.12. The zero-order valence-corrected chi connectivity index (χ0v) is 12.2. The van der Waals surface area contributed by atoms with E-state index in [0.29, 0.717) is 5.92 Å². The molecule has 0 saturated heterocycles. The normalized spacial score (nSPS) is 14.9. The molecule has 1 aromatic rings. The molecule has 0 bridgehead atoms. The summed E-state index contributed by atoms with van der Waals surface area (Å²) in [5, 5.41) is 9.78. The predicted molar refractivity (Wildman–Crippen MR) is 76.5 cm³/mol. The third kappa shape index (κ3) is 4.48. The highest BCUT2D eigenvalue weighted by atomic mass is 19.1. The fourth-order valence-electron chi connectivity index (χ4n) is 1.99. The molecule has 0 aliphatic rings. The molecule has 0 spiro atoms. The molecule has 0 saturated carbocycles. The molecule has 0 amide bonds. The molecule has 1 aromatic carbocycles. The van der Waals surface area contributed by atoms with Crippen LogP contribution in [0.3, 0.4) is 0 Å². The number of hydrogen-bond donors (Lipinski definition) is 2. The summed E-state index contributed by atoms with van der Waals surface area (Å²) in [5.41, 5.74) is 6.77. The maximum Gasteiger partial charge on any atom is 0.126 e. The number of hydrogen-bond acceptors (Lipinski definition) is 3. The standard InChI is InChI=1S/C15H25FN2O/c1-10(2)14(17)7-8-18(4)11(3)13-6-5-12(16)9-15(13)19/h5-6,9-11,14,19H,7-8,17H2,1-4H3. The zero-order valence-electron chi connectivity index (χ0n) is 12.2. The summed E-state index contributed by atoms with van der Waals surface area (Å²) in [6, 6.07) is 4.36. The van der Waals surface area contributed by atoms with E-state index in [9.17, 15) is 9.50 Å². The maximum atomic E-state index is 13.0. The first-order valence-corrected chi connectivity index (χ1v) is 6.77. The molecule has 1 rings (SSSR count). The van der Waals surface area contributed by atoms with Crippen LogP contribution in [0, 0.1) is 11.7 Å². The fraction of sp³-hybridized carbons (Fsp3) is 0.600. The lowest BCUT2D eigenvalue weighted by Crippen LogP contribution is -2.33. The number of nitrogens with two attached hydrogens (primary N) is 1. The lowest BCUT2D eigenvalue weighted by atomic mass is 10.0. The molecule has 0 radical (unpaired) electrons. The highest BCUT2D eigenvalue weighted by Crippen LogP contribution is 2.28. The average Bonchev–Trinajstić information content (AvgIpc) is 2.34. The van der Waals surface area contributed by atoms with Gasteiger partial charge in [0.15, 0.2) is 0 Å². The topological polar surface area (TPSA) is 49.5 Å². The fourth-order valence-corrected chi connectivity index (χ4v) is 1.99. The first-order chi connectivity index (χ1) is 8.82. The van der Waals surface area contributed by atoms with Gasteiger partial charge in [-0.15, -0.1) is 0 Å². The molecule has 108 valence electrons. The number of phenolic OH excluding ortho intramolecular Hbond substituents is 1. The van der Waals surface area contributed by atoms with Gasteiger partial charge in [-0.05, 0) is 38.9 Å². The SMILES string of the molecule is CC(C)C(N)CCN(C)C(C)c1ccc(F)cc1O. The van der Waals surface area contributed by atoms with E-state index in [1.54, 1.807) is 6.07 Å². The Morgan fingerprint density at radius 1 is 1.32 bits per heavy atom. The molecule has 3 nitrogen and oxygen atoms in total. The van der Waals surface area contributed by atoms with Gasteiger partial charge in [-0.2, -0.15) is 0 Å². The van der Waals surface area contributed by atoms with Crippen molar-refractivity contribution in [3.63, 3.8) is 0 Å². The summed E-state index contributed by atoms with van der Waals surface area (Å²) >= 11 is 0. The van der Waals surface area contributed by atoms with Gasteiger partial charge in [0.2, 0.25) is 0 Å². The second-order valence-corrected chi connectivity index (χ2v) is 5.56. The van der Waals surface area contributed by atoms with Gasteiger partial charge in [-0.25, -0.2) is 4.39 Å². The van der Waals surface area contributed by atoms with Gasteiger partial charge < -0.3 is 10.8 Å². The minimum Gasteiger partial charge on any atom is -0.508 e. The average molecular weight is 268 g/mol. The quantitative estimate of drug-likeness (QED) is 0.834. The lowest BCUT2D eigenvalue weighted by Gasteiger charge is -2.27. The molecule has 3 N–H and O–H groups in total. The van der Waals surface area contributed by atoms with Gasteiger partial charge in [0.1, 0.15) is 11.6 Å². The first-order valence-electron chi connectivity index (χ1n) is 6.77. The van der Waals surface area contributed by atoms with Crippen molar-refractivity contribution in [1.29, 1.82) is 0 Å². The number of nitrogens with zero attached hydrogens (tertiary/aromatic N) is 1. The van der Waals surface area contributed by atoms with Crippen LogP contribution in [0.2, 0.25) is 0 Å². The number of phenols is 1. The van der Waals surface area contributed by atoms with Crippen molar-refractivity contribution in [2.24, 2.45) is 11.7 Å². The van der Waals surface area contributed by atoms with Gasteiger partial charge in [0.05, 0.1) is 0 Å². The molecule has 0 aliphatic heterocycles. The minimum absolute atomic E-state index is 0.00695. The van der Waals surface area contributed by atoms with Crippen LogP contribution in [0.25, 0.3) is 0 Å². The van der Waals surface area contributed by atoms with E-state index in [0.717, 1.165) is 24.6 Å². The molecule has 2 atom stereocenters. The third-order valence-corrected chi connectivity index (χ3v) is 3.78. The minimum atomic E-state index is -0.419. The van der Waals surface area contributed by atoms with Crippen molar-refractivity contribution in [2.75, 3.05) is 13.6 Å². The van der Waals surface area contributed by atoms with E-state index in [1.807, 2.05) is 14.0 Å². The Kier molecular flexibility index (Phi) is 5.76. The monoisotopic (exact) mass is 268 g/mol. The van der Waals surface area contributed by atoms with Crippen LogP contribution in [0.5, 0.6) is 5.75 Å². The molecular weight excluding hydrogens is 243 g/mol. The van der Waals surface area contributed by atoms with Gasteiger partial charge in [0, 0.05) is 23.7 Å². The van der Waals surface area contributed by atoms with E-state index in [4.69, 9.17) is 5.73 Å². The predicted octanol–water partition coefficient (Wildman–Crippen LogP) is 2.90. The van der Waals surface area contributed by atoms with Crippen LogP contribution in [-0.4, -0.2) is 29.6 Å². The number of benzene rings is 1. The van der Waals surface area contributed by atoms with Gasteiger partial charge in [-0.3, -0.25) is 4.90 Å². The van der Waals surface area contributed by atoms with Gasteiger partial charge in [-0.1, -0.05) is 19.9 Å². The third-order valence-electron chi connectivity index (χ3n) is 3.78. The molecule has 0 fully saturated rings. The number of aromatic hydroxyl groups is 1. The Morgan fingerprint density at radius 2 is 1.95 bits per heavy atom. The van der Waals surface area contributed by atoms with Crippen molar-refractivity contribution >= 4 is 0 Å². The van der Waals surface area contributed by atoms with Crippen LogP contribution in [0.4, 0.5) is 4.39 Å². The van der Waals surface area contributed by atoms with Crippen LogP contribution >= 0.6 is 0 Å². The highest BCUT2D eigenvalue weighted by molar-refractivity contribution is 5.34. The van der Waals surface area contributed by atoms with Crippen molar-refractivity contribution in [3.05, 3.63) is 29.6 Å². The van der Waals surface area contributed by atoms with Crippen LogP contribution < -0.4 is 5.73 Å². The van der Waals surface area contributed by atoms with Crippen LogP contribution in [0.1, 0.15) is 38.8 Å².